The van der Waals surface area contributed by atoms with Crippen molar-refractivity contribution in [3.8, 4) is 0 Å². The average Bonchev–Trinajstić information content (AvgIpc) is 3.22. The SMILES string of the molecule is Cn1cc(NC(=O)c2cnn3ccc(N4CC(OC5COC5)C4)nc23)c(C(F)F)n1. The molecule has 0 unspecified atom stereocenters. The molecule has 0 atom stereocenters. The molecule has 1 amide bonds. The van der Waals surface area contributed by atoms with E-state index in [0.29, 0.717) is 37.8 Å². The van der Waals surface area contributed by atoms with E-state index in [1.54, 1.807) is 12.3 Å². The van der Waals surface area contributed by atoms with Crippen LogP contribution < -0.4 is 10.2 Å². The molecule has 0 spiro atoms. The summed E-state index contributed by atoms with van der Waals surface area (Å²) in [6, 6.07) is 1.81. The lowest BCUT2D eigenvalue weighted by Gasteiger charge is -2.42. The number of carbonyl (C=O) groups is 1. The fourth-order valence-electron chi connectivity index (χ4n) is 3.42. The first-order valence-corrected chi connectivity index (χ1v) is 9.43. The van der Waals surface area contributed by atoms with E-state index in [4.69, 9.17) is 9.47 Å². The van der Waals surface area contributed by atoms with Gasteiger partial charge in [0, 0.05) is 32.5 Å². The van der Waals surface area contributed by atoms with E-state index >= 15 is 0 Å². The fraction of sp³-hybridized carbons (Fsp3) is 0.444. The van der Waals surface area contributed by atoms with Crippen molar-refractivity contribution < 1.29 is 23.0 Å². The van der Waals surface area contributed by atoms with Gasteiger partial charge in [-0.05, 0) is 6.07 Å². The third kappa shape index (κ3) is 3.37. The second-order valence-corrected chi connectivity index (χ2v) is 7.29. The minimum Gasteiger partial charge on any atom is -0.376 e. The highest BCUT2D eigenvalue weighted by Gasteiger charge is 2.33. The van der Waals surface area contributed by atoms with Crippen LogP contribution in [0.3, 0.4) is 0 Å². The monoisotopic (exact) mass is 419 g/mol. The molecule has 10 nitrogen and oxygen atoms in total. The third-order valence-electron chi connectivity index (χ3n) is 5.08. The Kier molecular flexibility index (Phi) is 4.59. The van der Waals surface area contributed by atoms with E-state index in [1.807, 2.05) is 4.90 Å². The maximum absolute atomic E-state index is 13.1. The number of anilines is 2. The molecule has 5 heterocycles. The fourth-order valence-corrected chi connectivity index (χ4v) is 3.42. The predicted molar refractivity (Wildman–Crippen MR) is 101 cm³/mol. The summed E-state index contributed by atoms with van der Waals surface area (Å²) in [4.78, 5) is 19.3. The molecule has 2 fully saturated rings. The molecule has 12 heteroatoms. The number of ether oxygens (including phenoxy) is 2. The topological polar surface area (TPSA) is 98.8 Å². The zero-order chi connectivity index (χ0) is 20.8. The first-order chi connectivity index (χ1) is 14.5. The lowest BCUT2D eigenvalue weighted by molar-refractivity contribution is -0.158. The molecule has 0 bridgehead atoms. The predicted octanol–water partition coefficient (Wildman–Crippen LogP) is 1.26. The van der Waals surface area contributed by atoms with E-state index in [0.717, 1.165) is 0 Å². The number of rotatable bonds is 6. The van der Waals surface area contributed by atoms with Crippen molar-refractivity contribution >= 4 is 23.1 Å². The summed E-state index contributed by atoms with van der Waals surface area (Å²) in [6.07, 6.45) is 1.89. The van der Waals surface area contributed by atoms with E-state index < -0.39 is 18.0 Å². The molecule has 3 aromatic heterocycles. The van der Waals surface area contributed by atoms with E-state index in [-0.39, 0.29) is 23.5 Å². The maximum Gasteiger partial charge on any atom is 0.284 e. The van der Waals surface area contributed by atoms with Gasteiger partial charge in [-0.25, -0.2) is 18.3 Å². The number of alkyl halides is 2. The van der Waals surface area contributed by atoms with Gasteiger partial charge < -0.3 is 19.7 Å². The van der Waals surface area contributed by atoms with Crippen molar-refractivity contribution in [1.82, 2.24) is 24.4 Å². The van der Waals surface area contributed by atoms with Gasteiger partial charge in [0.2, 0.25) is 0 Å². The Morgan fingerprint density at radius 3 is 2.83 bits per heavy atom. The molecule has 1 N–H and O–H groups in total. The Bertz CT molecular complexity index is 1090. The highest BCUT2D eigenvalue weighted by molar-refractivity contribution is 6.08. The third-order valence-corrected chi connectivity index (χ3v) is 5.08. The Balaban J connectivity index is 1.33. The molecule has 5 rings (SSSR count). The van der Waals surface area contributed by atoms with Crippen molar-refractivity contribution in [2.24, 2.45) is 7.05 Å². The average molecular weight is 419 g/mol. The van der Waals surface area contributed by atoms with Crippen LogP contribution in [0.15, 0.2) is 24.7 Å². The number of carbonyl (C=O) groups excluding carboxylic acids is 1. The highest BCUT2D eigenvalue weighted by atomic mass is 19.3. The smallest absolute Gasteiger partial charge is 0.284 e. The zero-order valence-electron chi connectivity index (χ0n) is 16.0. The van der Waals surface area contributed by atoms with Crippen LogP contribution >= 0.6 is 0 Å². The van der Waals surface area contributed by atoms with Crippen molar-refractivity contribution in [3.63, 3.8) is 0 Å². The summed E-state index contributed by atoms with van der Waals surface area (Å²) < 4.78 is 39.9. The molecule has 0 saturated carbocycles. The molecular weight excluding hydrogens is 400 g/mol. The van der Waals surface area contributed by atoms with Gasteiger partial charge >= 0.3 is 0 Å². The molecule has 3 aromatic rings. The number of hydrogen-bond donors (Lipinski definition) is 1. The minimum atomic E-state index is -2.80. The molecule has 0 radical (unpaired) electrons. The summed E-state index contributed by atoms with van der Waals surface area (Å²) in [7, 11) is 1.51. The largest absolute Gasteiger partial charge is 0.376 e. The number of halogens is 2. The second kappa shape index (κ2) is 7.29. The summed E-state index contributed by atoms with van der Waals surface area (Å²) >= 11 is 0. The van der Waals surface area contributed by atoms with Gasteiger partial charge in [0.05, 0.1) is 31.2 Å². The van der Waals surface area contributed by atoms with Crippen LogP contribution in [0.1, 0.15) is 22.5 Å². The molecule has 30 heavy (non-hydrogen) atoms. The Hall–Kier alpha value is -3.12. The first kappa shape index (κ1) is 18.9. The van der Waals surface area contributed by atoms with Crippen molar-refractivity contribution in [2.75, 3.05) is 36.5 Å². The molecular formula is C18H19F2N7O3. The van der Waals surface area contributed by atoms with Crippen LogP contribution in [0.2, 0.25) is 0 Å². The summed E-state index contributed by atoms with van der Waals surface area (Å²) in [6.45, 7) is 2.67. The van der Waals surface area contributed by atoms with Gasteiger partial charge in [0.15, 0.2) is 11.3 Å². The Labute approximate surface area is 169 Å². The zero-order valence-corrected chi connectivity index (χ0v) is 16.0. The van der Waals surface area contributed by atoms with Gasteiger partial charge in [0.25, 0.3) is 12.3 Å². The number of fused-ring (bicyclic) bond motifs is 1. The standard InChI is InChI=1S/C18H19F2N7O3/c1-25-7-13(15(24-25)16(19)20)22-18(28)12-4-21-27-3-2-14(23-17(12)27)26-5-10(6-26)30-11-8-29-9-11/h2-4,7,10-11,16H,5-6,8-9H2,1H3,(H,22,28). The number of nitrogens with zero attached hydrogens (tertiary/aromatic N) is 6. The van der Waals surface area contributed by atoms with Crippen LogP contribution in [-0.4, -0.2) is 68.8 Å². The molecule has 2 aliphatic rings. The van der Waals surface area contributed by atoms with Crippen molar-refractivity contribution in [1.29, 1.82) is 0 Å². The summed E-state index contributed by atoms with van der Waals surface area (Å²) in [5, 5.41) is 10.3. The molecule has 2 aliphatic heterocycles. The van der Waals surface area contributed by atoms with Gasteiger partial charge in [-0.15, -0.1) is 0 Å². The second-order valence-electron chi connectivity index (χ2n) is 7.29. The maximum atomic E-state index is 13.1. The van der Waals surface area contributed by atoms with E-state index in [9.17, 15) is 13.6 Å². The lowest BCUT2D eigenvalue weighted by Crippen LogP contribution is -2.56. The first-order valence-electron chi connectivity index (χ1n) is 9.43. The number of amides is 1. The number of hydrogen-bond acceptors (Lipinski definition) is 7. The van der Waals surface area contributed by atoms with Crippen LogP contribution in [0, 0.1) is 0 Å². The molecule has 0 aromatic carbocycles. The van der Waals surface area contributed by atoms with E-state index in [2.05, 4.69) is 20.5 Å². The van der Waals surface area contributed by atoms with Crippen molar-refractivity contribution in [2.45, 2.75) is 18.6 Å². The van der Waals surface area contributed by atoms with Crippen molar-refractivity contribution in [3.05, 3.63) is 35.9 Å². The summed E-state index contributed by atoms with van der Waals surface area (Å²) in [5.74, 6) is 0.107. The minimum absolute atomic E-state index is 0.0456. The number of aryl methyl sites for hydroxylation is 1. The Morgan fingerprint density at radius 2 is 2.13 bits per heavy atom. The molecule has 2 saturated heterocycles. The summed E-state index contributed by atoms with van der Waals surface area (Å²) in [5.41, 5.74) is -0.0136. The molecule has 0 aliphatic carbocycles. The number of aromatic nitrogens is 5. The van der Waals surface area contributed by atoms with Crippen LogP contribution in [0.5, 0.6) is 0 Å². The van der Waals surface area contributed by atoms with Crippen LogP contribution in [0.4, 0.5) is 20.3 Å². The van der Waals surface area contributed by atoms with Gasteiger partial charge in [0.1, 0.15) is 17.5 Å². The van der Waals surface area contributed by atoms with Gasteiger partial charge in [-0.2, -0.15) is 10.2 Å². The quantitative estimate of drug-likeness (QED) is 0.642. The van der Waals surface area contributed by atoms with Crippen LogP contribution in [0.25, 0.3) is 5.65 Å². The Morgan fingerprint density at radius 1 is 1.33 bits per heavy atom. The molecule has 158 valence electrons. The van der Waals surface area contributed by atoms with Gasteiger partial charge in [-0.3, -0.25) is 9.48 Å². The van der Waals surface area contributed by atoms with Crippen LogP contribution in [-0.2, 0) is 16.5 Å². The normalized spacial score (nSPS) is 17.4. The lowest BCUT2D eigenvalue weighted by atomic mass is 10.1. The van der Waals surface area contributed by atoms with Gasteiger partial charge in [-0.1, -0.05) is 0 Å². The number of nitrogens with one attached hydrogen (secondary N) is 1. The highest BCUT2D eigenvalue weighted by Crippen LogP contribution is 2.27. The van der Waals surface area contributed by atoms with E-state index in [1.165, 1.54) is 28.6 Å².